The SMILES string of the molecule is O=C1NCCCCC1NC(=O)C1CC12CCNCC2. The Kier molecular flexibility index (Phi) is 3.48. The van der Waals surface area contributed by atoms with Crippen molar-refractivity contribution in [1.29, 1.82) is 0 Å². The minimum atomic E-state index is -0.311. The summed E-state index contributed by atoms with van der Waals surface area (Å²) >= 11 is 0. The molecule has 0 radical (unpaired) electrons. The number of piperidine rings is 1. The van der Waals surface area contributed by atoms with E-state index >= 15 is 0 Å². The van der Waals surface area contributed by atoms with Crippen LogP contribution in [0.2, 0.25) is 0 Å². The van der Waals surface area contributed by atoms with E-state index in [2.05, 4.69) is 16.0 Å². The van der Waals surface area contributed by atoms with Crippen molar-refractivity contribution >= 4 is 11.8 Å². The van der Waals surface area contributed by atoms with Crippen LogP contribution in [0, 0.1) is 11.3 Å². The molecule has 5 nitrogen and oxygen atoms in total. The molecule has 0 aromatic rings. The van der Waals surface area contributed by atoms with Gasteiger partial charge in [0.05, 0.1) is 0 Å². The number of hydrogen-bond donors (Lipinski definition) is 3. The Morgan fingerprint density at radius 1 is 1.21 bits per heavy atom. The second kappa shape index (κ2) is 5.12. The Labute approximate surface area is 113 Å². The van der Waals surface area contributed by atoms with E-state index in [4.69, 9.17) is 0 Å². The third-order valence-electron chi connectivity index (χ3n) is 4.96. The molecule has 1 spiro atoms. The fraction of sp³-hybridized carbons (Fsp3) is 0.857. The van der Waals surface area contributed by atoms with Crippen LogP contribution in [0.25, 0.3) is 0 Å². The van der Waals surface area contributed by atoms with Crippen molar-refractivity contribution in [3.63, 3.8) is 0 Å². The first-order chi connectivity index (χ1) is 9.21. The van der Waals surface area contributed by atoms with Crippen molar-refractivity contribution in [2.75, 3.05) is 19.6 Å². The Bertz CT molecular complexity index is 377. The molecule has 19 heavy (non-hydrogen) atoms. The minimum absolute atomic E-state index is 0.00846. The molecule has 2 aliphatic heterocycles. The molecule has 0 aromatic heterocycles. The number of amides is 2. The van der Waals surface area contributed by atoms with E-state index in [9.17, 15) is 9.59 Å². The van der Waals surface area contributed by atoms with Crippen LogP contribution >= 0.6 is 0 Å². The zero-order chi connectivity index (χ0) is 13.3. The summed E-state index contributed by atoms with van der Waals surface area (Å²) in [7, 11) is 0. The van der Waals surface area contributed by atoms with Gasteiger partial charge in [0.15, 0.2) is 0 Å². The minimum Gasteiger partial charge on any atom is -0.354 e. The average molecular weight is 265 g/mol. The lowest BCUT2D eigenvalue weighted by Crippen LogP contribution is -2.46. The molecule has 3 rings (SSSR count). The molecule has 3 N–H and O–H groups in total. The van der Waals surface area contributed by atoms with E-state index < -0.39 is 0 Å². The van der Waals surface area contributed by atoms with Gasteiger partial charge in [0.1, 0.15) is 6.04 Å². The first-order valence-corrected chi connectivity index (χ1v) is 7.50. The molecule has 3 fully saturated rings. The van der Waals surface area contributed by atoms with Crippen LogP contribution in [0.15, 0.2) is 0 Å². The van der Waals surface area contributed by atoms with Crippen LogP contribution in [0.3, 0.4) is 0 Å². The maximum absolute atomic E-state index is 12.3. The second-order valence-electron chi connectivity index (χ2n) is 6.22. The van der Waals surface area contributed by atoms with E-state index in [-0.39, 0.29) is 29.2 Å². The molecule has 0 aromatic carbocycles. The first kappa shape index (κ1) is 12.9. The fourth-order valence-corrected chi connectivity index (χ4v) is 3.55. The predicted octanol–water partition coefficient (Wildman–Crippen LogP) is 0.161. The lowest BCUT2D eigenvalue weighted by atomic mass is 9.91. The largest absolute Gasteiger partial charge is 0.354 e. The highest BCUT2D eigenvalue weighted by molar-refractivity contribution is 5.90. The highest BCUT2D eigenvalue weighted by Gasteiger charge is 2.57. The van der Waals surface area contributed by atoms with E-state index in [0.717, 1.165) is 58.2 Å². The number of rotatable bonds is 2. The Hall–Kier alpha value is -1.10. The highest BCUT2D eigenvalue weighted by Crippen LogP contribution is 2.58. The zero-order valence-corrected chi connectivity index (χ0v) is 11.3. The van der Waals surface area contributed by atoms with Crippen LogP contribution in [-0.2, 0) is 9.59 Å². The summed E-state index contributed by atoms with van der Waals surface area (Å²) in [5.41, 5.74) is 0.247. The summed E-state index contributed by atoms with van der Waals surface area (Å²) in [5.74, 6) is 0.237. The Morgan fingerprint density at radius 3 is 2.79 bits per heavy atom. The van der Waals surface area contributed by atoms with Gasteiger partial charge in [-0.15, -0.1) is 0 Å². The summed E-state index contributed by atoms with van der Waals surface area (Å²) < 4.78 is 0. The smallest absolute Gasteiger partial charge is 0.242 e. The Balaban J connectivity index is 1.55. The number of hydrogen-bond acceptors (Lipinski definition) is 3. The van der Waals surface area contributed by atoms with E-state index in [1.54, 1.807) is 0 Å². The molecule has 2 saturated heterocycles. The van der Waals surface area contributed by atoms with E-state index in [1.807, 2.05) is 0 Å². The van der Waals surface area contributed by atoms with Crippen LogP contribution in [0.1, 0.15) is 38.5 Å². The first-order valence-electron chi connectivity index (χ1n) is 7.50. The van der Waals surface area contributed by atoms with Gasteiger partial charge in [-0.05, 0) is 57.0 Å². The topological polar surface area (TPSA) is 70.2 Å². The van der Waals surface area contributed by atoms with E-state index in [1.165, 1.54) is 0 Å². The maximum atomic E-state index is 12.3. The Morgan fingerprint density at radius 2 is 2.00 bits per heavy atom. The molecule has 5 heteroatoms. The summed E-state index contributed by atoms with van der Waals surface area (Å²) in [6.07, 6.45) is 6.00. The maximum Gasteiger partial charge on any atom is 0.242 e. The monoisotopic (exact) mass is 265 g/mol. The fourth-order valence-electron chi connectivity index (χ4n) is 3.55. The lowest BCUT2D eigenvalue weighted by molar-refractivity contribution is -0.130. The van der Waals surface area contributed by atoms with Gasteiger partial charge in [0.2, 0.25) is 11.8 Å². The van der Waals surface area contributed by atoms with Crippen LogP contribution in [-0.4, -0.2) is 37.5 Å². The van der Waals surface area contributed by atoms with Gasteiger partial charge in [-0.1, -0.05) is 0 Å². The van der Waals surface area contributed by atoms with Crippen molar-refractivity contribution in [3.05, 3.63) is 0 Å². The second-order valence-corrected chi connectivity index (χ2v) is 6.22. The van der Waals surface area contributed by atoms with Gasteiger partial charge in [-0.2, -0.15) is 0 Å². The van der Waals surface area contributed by atoms with Crippen molar-refractivity contribution < 1.29 is 9.59 Å². The van der Waals surface area contributed by atoms with Gasteiger partial charge in [-0.25, -0.2) is 0 Å². The number of carbonyl (C=O) groups excluding carboxylic acids is 2. The zero-order valence-electron chi connectivity index (χ0n) is 11.3. The van der Waals surface area contributed by atoms with Crippen LogP contribution in [0.4, 0.5) is 0 Å². The van der Waals surface area contributed by atoms with Crippen LogP contribution < -0.4 is 16.0 Å². The third-order valence-corrected chi connectivity index (χ3v) is 4.96. The summed E-state index contributed by atoms with van der Waals surface area (Å²) in [6, 6.07) is -0.311. The molecule has 2 unspecified atom stereocenters. The predicted molar refractivity (Wildman–Crippen MR) is 71.4 cm³/mol. The van der Waals surface area contributed by atoms with E-state index in [0.29, 0.717) is 0 Å². The standard InChI is InChI=1S/C14H23N3O2/c18-12(10-9-14(10)4-7-15-8-5-14)17-11-3-1-2-6-16-13(11)19/h10-11,15H,1-9H2,(H,16,19)(H,17,18). The lowest BCUT2D eigenvalue weighted by Gasteiger charge is -2.24. The van der Waals surface area contributed by atoms with Crippen LogP contribution in [0.5, 0.6) is 0 Å². The van der Waals surface area contributed by atoms with Gasteiger partial charge in [0, 0.05) is 12.5 Å². The van der Waals surface area contributed by atoms with Crippen molar-refractivity contribution in [1.82, 2.24) is 16.0 Å². The molecule has 2 amide bonds. The third kappa shape index (κ3) is 2.61. The summed E-state index contributed by atoms with van der Waals surface area (Å²) in [6.45, 7) is 2.78. The molecule has 106 valence electrons. The van der Waals surface area contributed by atoms with Crippen molar-refractivity contribution in [3.8, 4) is 0 Å². The molecule has 2 atom stereocenters. The van der Waals surface area contributed by atoms with Gasteiger partial charge >= 0.3 is 0 Å². The molecule has 0 bridgehead atoms. The van der Waals surface area contributed by atoms with Crippen molar-refractivity contribution in [2.45, 2.75) is 44.6 Å². The normalized spacial score (nSPS) is 33.4. The number of nitrogens with one attached hydrogen (secondary N) is 3. The molecule has 2 heterocycles. The highest BCUT2D eigenvalue weighted by atomic mass is 16.2. The molecule has 1 aliphatic carbocycles. The summed E-state index contributed by atoms with van der Waals surface area (Å²) in [5, 5.41) is 9.18. The molecular formula is C14H23N3O2. The molecule has 1 saturated carbocycles. The quantitative estimate of drug-likeness (QED) is 0.666. The number of carbonyl (C=O) groups is 2. The van der Waals surface area contributed by atoms with Gasteiger partial charge in [-0.3, -0.25) is 9.59 Å². The summed E-state index contributed by atoms with van der Waals surface area (Å²) in [4.78, 5) is 24.1. The molecule has 3 aliphatic rings. The average Bonchev–Trinajstić information content (AvgIpc) is 3.14. The van der Waals surface area contributed by atoms with Crippen molar-refractivity contribution in [2.24, 2.45) is 11.3 Å². The van der Waals surface area contributed by atoms with Gasteiger partial charge in [0.25, 0.3) is 0 Å². The van der Waals surface area contributed by atoms with Gasteiger partial charge < -0.3 is 16.0 Å². The molecular weight excluding hydrogens is 242 g/mol.